The predicted molar refractivity (Wildman–Crippen MR) is 87.0 cm³/mol. The van der Waals surface area contributed by atoms with E-state index < -0.39 is 0 Å². The molecule has 1 aliphatic carbocycles. The van der Waals surface area contributed by atoms with Gasteiger partial charge in [0.1, 0.15) is 0 Å². The highest BCUT2D eigenvalue weighted by Gasteiger charge is 2.25. The molecule has 0 bridgehead atoms. The molecule has 0 radical (unpaired) electrons. The summed E-state index contributed by atoms with van der Waals surface area (Å²) >= 11 is 0. The summed E-state index contributed by atoms with van der Waals surface area (Å²) in [7, 11) is 0. The fraction of sp³-hybridized carbons (Fsp3) is 0.368. The minimum atomic E-state index is -0.0258. The lowest BCUT2D eigenvalue weighted by molar-refractivity contribution is 0.563. The Kier molecular flexibility index (Phi) is 4.94. The van der Waals surface area contributed by atoms with Gasteiger partial charge in [-0.15, -0.1) is 0 Å². The molecule has 1 rings (SSSR count). The Hall–Kier alpha value is -1.56. The molecule has 102 valence electrons. The van der Waals surface area contributed by atoms with Gasteiger partial charge in [0.15, 0.2) is 0 Å². The van der Waals surface area contributed by atoms with Crippen LogP contribution in [0, 0.1) is 10.8 Å². The maximum absolute atomic E-state index is 3.82. The SMILES string of the molecule is C=C/C=C(\C=C/C)C(C)(C)C1=CC=CC(C)(C)C=C1. The summed E-state index contributed by atoms with van der Waals surface area (Å²) in [6, 6.07) is 0. The van der Waals surface area contributed by atoms with Gasteiger partial charge < -0.3 is 0 Å². The van der Waals surface area contributed by atoms with Crippen LogP contribution >= 0.6 is 0 Å². The fourth-order valence-electron chi connectivity index (χ4n) is 2.18. The molecular weight excluding hydrogens is 228 g/mol. The zero-order valence-corrected chi connectivity index (χ0v) is 12.9. The van der Waals surface area contributed by atoms with Crippen molar-refractivity contribution in [3.8, 4) is 0 Å². The van der Waals surface area contributed by atoms with Gasteiger partial charge in [0.05, 0.1) is 0 Å². The summed E-state index contributed by atoms with van der Waals surface area (Å²) in [5, 5.41) is 0. The van der Waals surface area contributed by atoms with E-state index in [1.54, 1.807) is 0 Å². The van der Waals surface area contributed by atoms with Gasteiger partial charge in [0.2, 0.25) is 0 Å². The second-order valence-corrected chi connectivity index (χ2v) is 6.12. The zero-order chi connectivity index (χ0) is 14.5. The average Bonchev–Trinajstić information content (AvgIpc) is 2.50. The lowest BCUT2D eigenvalue weighted by Gasteiger charge is -2.28. The Bertz CT molecular complexity index is 474. The van der Waals surface area contributed by atoms with E-state index in [2.05, 4.69) is 82.9 Å². The van der Waals surface area contributed by atoms with Gasteiger partial charge in [-0.2, -0.15) is 0 Å². The number of allylic oxidation sites excluding steroid dienone is 11. The van der Waals surface area contributed by atoms with Crippen molar-refractivity contribution in [2.24, 2.45) is 10.8 Å². The van der Waals surface area contributed by atoms with Crippen LogP contribution in [-0.4, -0.2) is 0 Å². The van der Waals surface area contributed by atoms with Crippen LogP contribution in [0.5, 0.6) is 0 Å². The van der Waals surface area contributed by atoms with Gasteiger partial charge >= 0.3 is 0 Å². The minimum absolute atomic E-state index is 0.0258. The molecular formula is C19H26. The largest absolute Gasteiger partial charge is 0.0991 e. The molecule has 1 aliphatic rings. The van der Waals surface area contributed by atoms with Crippen molar-refractivity contribution < 1.29 is 0 Å². The number of hydrogen-bond acceptors (Lipinski definition) is 0. The third kappa shape index (κ3) is 3.96. The van der Waals surface area contributed by atoms with Gasteiger partial charge in [-0.05, 0) is 18.1 Å². The Balaban J connectivity index is 3.20. The van der Waals surface area contributed by atoms with Crippen LogP contribution in [-0.2, 0) is 0 Å². The Morgan fingerprint density at radius 2 is 1.95 bits per heavy atom. The first kappa shape index (κ1) is 15.5. The maximum Gasteiger partial charge on any atom is 0.0146 e. The van der Waals surface area contributed by atoms with E-state index in [9.17, 15) is 0 Å². The van der Waals surface area contributed by atoms with Crippen LogP contribution in [0.3, 0.4) is 0 Å². The third-order valence-corrected chi connectivity index (χ3v) is 3.58. The van der Waals surface area contributed by atoms with Crippen molar-refractivity contribution in [2.45, 2.75) is 34.6 Å². The van der Waals surface area contributed by atoms with E-state index in [4.69, 9.17) is 0 Å². The predicted octanol–water partition coefficient (Wildman–Crippen LogP) is 5.78. The van der Waals surface area contributed by atoms with E-state index in [1.165, 1.54) is 11.1 Å². The molecule has 0 amide bonds. The lowest BCUT2D eigenvalue weighted by Crippen LogP contribution is -2.16. The van der Waals surface area contributed by atoms with E-state index in [-0.39, 0.29) is 10.8 Å². The molecule has 0 fully saturated rings. The molecule has 0 nitrogen and oxygen atoms in total. The maximum atomic E-state index is 3.82. The van der Waals surface area contributed by atoms with Crippen molar-refractivity contribution in [3.05, 3.63) is 72.4 Å². The molecule has 0 spiro atoms. The summed E-state index contributed by atoms with van der Waals surface area (Å²) in [4.78, 5) is 0. The highest BCUT2D eigenvalue weighted by molar-refractivity contribution is 5.44. The zero-order valence-electron chi connectivity index (χ0n) is 12.9. The van der Waals surface area contributed by atoms with Crippen molar-refractivity contribution in [1.82, 2.24) is 0 Å². The van der Waals surface area contributed by atoms with E-state index in [0.29, 0.717) is 0 Å². The molecule has 0 aromatic heterocycles. The van der Waals surface area contributed by atoms with Crippen molar-refractivity contribution >= 4 is 0 Å². The van der Waals surface area contributed by atoms with E-state index >= 15 is 0 Å². The molecule has 0 saturated heterocycles. The third-order valence-electron chi connectivity index (χ3n) is 3.58. The van der Waals surface area contributed by atoms with Gasteiger partial charge in [-0.1, -0.05) is 89.0 Å². The summed E-state index contributed by atoms with van der Waals surface area (Å²) in [6.07, 6.45) is 19.3. The summed E-state index contributed by atoms with van der Waals surface area (Å²) in [5.41, 5.74) is 2.69. The smallest absolute Gasteiger partial charge is 0.0146 e. The van der Waals surface area contributed by atoms with Gasteiger partial charge in [-0.3, -0.25) is 0 Å². The van der Waals surface area contributed by atoms with E-state index in [0.717, 1.165) is 0 Å². The molecule has 0 heterocycles. The quantitative estimate of drug-likeness (QED) is 0.558. The topological polar surface area (TPSA) is 0 Å². The first-order chi connectivity index (χ1) is 8.83. The first-order valence-corrected chi connectivity index (χ1v) is 6.88. The number of rotatable bonds is 4. The van der Waals surface area contributed by atoms with E-state index in [1.807, 2.05) is 13.0 Å². The van der Waals surface area contributed by atoms with Crippen LogP contribution in [0.1, 0.15) is 34.6 Å². The molecule has 19 heavy (non-hydrogen) atoms. The molecule has 0 aromatic rings. The Morgan fingerprint density at radius 1 is 1.26 bits per heavy atom. The normalized spacial score (nSPS) is 19.4. The van der Waals surface area contributed by atoms with Crippen LogP contribution in [0.25, 0.3) is 0 Å². The summed E-state index contributed by atoms with van der Waals surface area (Å²) in [5.74, 6) is 0. The summed E-state index contributed by atoms with van der Waals surface area (Å²) < 4.78 is 0. The monoisotopic (exact) mass is 254 g/mol. The van der Waals surface area contributed by atoms with Gasteiger partial charge in [0.25, 0.3) is 0 Å². The minimum Gasteiger partial charge on any atom is -0.0991 e. The lowest BCUT2D eigenvalue weighted by atomic mass is 9.76. The van der Waals surface area contributed by atoms with Gasteiger partial charge in [-0.25, -0.2) is 0 Å². The Morgan fingerprint density at radius 3 is 2.53 bits per heavy atom. The van der Waals surface area contributed by atoms with Crippen molar-refractivity contribution in [1.29, 1.82) is 0 Å². The Labute approximate surface area is 118 Å². The molecule has 0 N–H and O–H groups in total. The van der Waals surface area contributed by atoms with Crippen molar-refractivity contribution in [2.75, 3.05) is 0 Å². The molecule has 0 aromatic carbocycles. The number of hydrogen-bond donors (Lipinski definition) is 0. The molecule has 0 saturated carbocycles. The highest BCUT2D eigenvalue weighted by Crippen LogP contribution is 2.38. The molecule has 0 aliphatic heterocycles. The van der Waals surface area contributed by atoms with Gasteiger partial charge in [0, 0.05) is 10.8 Å². The highest BCUT2D eigenvalue weighted by atomic mass is 14.3. The average molecular weight is 254 g/mol. The second-order valence-electron chi connectivity index (χ2n) is 6.12. The van der Waals surface area contributed by atoms with Crippen LogP contribution < -0.4 is 0 Å². The first-order valence-electron chi connectivity index (χ1n) is 6.88. The molecule has 0 atom stereocenters. The standard InChI is InChI=1S/C19H26/c1-7-10-16(11-8-2)19(5,6)17-12-9-14-18(3,4)15-13-17/h7-15H,1H2,2-6H3/b11-8-,16-10+. The van der Waals surface area contributed by atoms with Crippen LogP contribution in [0.2, 0.25) is 0 Å². The van der Waals surface area contributed by atoms with Crippen molar-refractivity contribution in [3.63, 3.8) is 0 Å². The fourth-order valence-corrected chi connectivity index (χ4v) is 2.18. The van der Waals surface area contributed by atoms with Crippen LogP contribution in [0.4, 0.5) is 0 Å². The second kappa shape index (κ2) is 6.06. The summed E-state index contributed by atoms with van der Waals surface area (Å²) in [6.45, 7) is 14.8. The molecule has 0 unspecified atom stereocenters. The van der Waals surface area contributed by atoms with Crippen LogP contribution in [0.15, 0.2) is 72.4 Å². The molecule has 0 heteroatoms.